The van der Waals surface area contributed by atoms with Crippen LogP contribution in [0.25, 0.3) is 5.69 Å². The lowest BCUT2D eigenvalue weighted by molar-refractivity contribution is 0.291. The fourth-order valence-corrected chi connectivity index (χ4v) is 3.89. The molecule has 0 saturated carbocycles. The summed E-state index contributed by atoms with van der Waals surface area (Å²) in [6.45, 7) is 4.87. The summed E-state index contributed by atoms with van der Waals surface area (Å²) in [6.07, 6.45) is 1.75. The summed E-state index contributed by atoms with van der Waals surface area (Å²) in [5, 5.41) is 8.64. The van der Waals surface area contributed by atoms with Crippen LogP contribution in [-0.4, -0.2) is 59.1 Å². The first-order valence-corrected chi connectivity index (χ1v) is 9.50. The SMILES string of the molecule is COc1ccc(-n2c(C)nnc2N2CC(N3CCOc4cc(F)ccc43)C2)cn1. The molecule has 0 spiro atoms. The van der Waals surface area contributed by atoms with E-state index in [0.717, 1.165) is 42.8 Å². The van der Waals surface area contributed by atoms with Gasteiger partial charge in [0.05, 0.1) is 37.3 Å². The van der Waals surface area contributed by atoms with Gasteiger partial charge in [0.15, 0.2) is 0 Å². The van der Waals surface area contributed by atoms with Crippen LogP contribution in [0.1, 0.15) is 5.82 Å². The van der Waals surface area contributed by atoms with Crippen molar-refractivity contribution in [3.63, 3.8) is 0 Å². The van der Waals surface area contributed by atoms with Gasteiger partial charge >= 0.3 is 0 Å². The van der Waals surface area contributed by atoms with Gasteiger partial charge in [-0.1, -0.05) is 0 Å². The van der Waals surface area contributed by atoms with Crippen LogP contribution in [0.5, 0.6) is 11.6 Å². The minimum absolute atomic E-state index is 0.280. The van der Waals surface area contributed by atoms with Crippen molar-refractivity contribution in [2.24, 2.45) is 0 Å². The van der Waals surface area contributed by atoms with Crippen molar-refractivity contribution in [2.45, 2.75) is 13.0 Å². The molecule has 0 unspecified atom stereocenters. The molecule has 150 valence electrons. The summed E-state index contributed by atoms with van der Waals surface area (Å²) in [5.74, 6) is 2.48. The molecule has 3 aromatic rings. The van der Waals surface area contributed by atoms with E-state index >= 15 is 0 Å². The summed E-state index contributed by atoms with van der Waals surface area (Å²) < 4.78 is 26.3. The molecule has 1 saturated heterocycles. The zero-order valence-corrected chi connectivity index (χ0v) is 16.2. The number of aryl methyl sites for hydroxylation is 1. The van der Waals surface area contributed by atoms with Gasteiger partial charge in [0.25, 0.3) is 0 Å². The van der Waals surface area contributed by atoms with Crippen LogP contribution < -0.4 is 19.3 Å². The Morgan fingerprint density at radius 2 is 2.03 bits per heavy atom. The highest BCUT2D eigenvalue weighted by Gasteiger charge is 2.37. The molecule has 5 rings (SSSR count). The topological polar surface area (TPSA) is 68.5 Å². The second kappa shape index (κ2) is 6.91. The zero-order chi connectivity index (χ0) is 20.0. The van der Waals surface area contributed by atoms with Crippen molar-refractivity contribution in [1.82, 2.24) is 19.7 Å². The van der Waals surface area contributed by atoms with E-state index in [1.165, 1.54) is 12.1 Å². The zero-order valence-electron chi connectivity index (χ0n) is 16.2. The summed E-state index contributed by atoms with van der Waals surface area (Å²) in [4.78, 5) is 8.77. The number of nitrogens with zero attached hydrogens (tertiary/aromatic N) is 6. The van der Waals surface area contributed by atoms with Gasteiger partial charge in [-0.2, -0.15) is 0 Å². The third kappa shape index (κ3) is 3.02. The summed E-state index contributed by atoms with van der Waals surface area (Å²) in [6, 6.07) is 8.80. The van der Waals surface area contributed by atoms with Crippen molar-refractivity contribution in [3.05, 3.63) is 48.2 Å². The van der Waals surface area contributed by atoms with Crippen LogP contribution >= 0.6 is 0 Å². The van der Waals surface area contributed by atoms with E-state index < -0.39 is 0 Å². The molecule has 0 radical (unpaired) electrons. The average molecular weight is 396 g/mol. The van der Waals surface area contributed by atoms with Crippen LogP contribution in [0, 0.1) is 12.7 Å². The van der Waals surface area contributed by atoms with E-state index in [1.54, 1.807) is 19.4 Å². The molecule has 0 atom stereocenters. The van der Waals surface area contributed by atoms with E-state index in [-0.39, 0.29) is 5.82 Å². The Morgan fingerprint density at radius 3 is 2.79 bits per heavy atom. The molecule has 0 N–H and O–H groups in total. The summed E-state index contributed by atoms with van der Waals surface area (Å²) in [5.41, 5.74) is 1.83. The Balaban J connectivity index is 1.36. The Hall–Kier alpha value is -3.36. The lowest BCUT2D eigenvalue weighted by atomic mass is 10.1. The van der Waals surface area contributed by atoms with Gasteiger partial charge in [-0.05, 0) is 25.1 Å². The molecular formula is C20H21FN6O2. The van der Waals surface area contributed by atoms with E-state index in [4.69, 9.17) is 9.47 Å². The fraction of sp³-hybridized carbons (Fsp3) is 0.350. The summed E-state index contributed by atoms with van der Waals surface area (Å²) in [7, 11) is 1.59. The van der Waals surface area contributed by atoms with Gasteiger partial charge < -0.3 is 19.3 Å². The lowest BCUT2D eigenvalue weighted by Crippen LogP contribution is -2.61. The second-order valence-corrected chi connectivity index (χ2v) is 7.15. The molecule has 2 aliphatic heterocycles. The number of rotatable bonds is 4. The third-order valence-corrected chi connectivity index (χ3v) is 5.40. The maximum atomic E-state index is 13.5. The molecule has 1 aromatic carbocycles. The van der Waals surface area contributed by atoms with Gasteiger partial charge in [-0.3, -0.25) is 4.57 Å². The Labute approximate surface area is 167 Å². The number of hydrogen-bond donors (Lipinski definition) is 0. The predicted octanol–water partition coefficient (Wildman–Crippen LogP) is 2.21. The monoisotopic (exact) mass is 396 g/mol. The normalized spacial score (nSPS) is 16.2. The van der Waals surface area contributed by atoms with Crippen molar-refractivity contribution in [3.8, 4) is 17.3 Å². The standard InChI is InChI=1S/C20H21FN6O2/c1-13-23-24-20(27(13)15-4-6-19(28-2)22-10-15)25-11-16(12-25)26-7-8-29-18-9-14(21)3-5-17(18)26/h3-6,9-10,16H,7-8,11-12H2,1-2H3. The van der Waals surface area contributed by atoms with Crippen molar-refractivity contribution < 1.29 is 13.9 Å². The van der Waals surface area contributed by atoms with Crippen LogP contribution in [0.2, 0.25) is 0 Å². The molecule has 29 heavy (non-hydrogen) atoms. The van der Waals surface area contributed by atoms with Gasteiger partial charge in [0.2, 0.25) is 11.8 Å². The maximum absolute atomic E-state index is 13.5. The maximum Gasteiger partial charge on any atom is 0.232 e. The predicted molar refractivity (Wildman–Crippen MR) is 106 cm³/mol. The first-order chi connectivity index (χ1) is 14.1. The van der Waals surface area contributed by atoms with E-state index in [2.05, 4.69) is 25.0 Å². The number of halogens is 1. The van der Waals surface area contributed by atoms with Crippen molar-refractivity contribution in [1.29, 1.82) is 0 Å². The van der Waals surface area contributed by atoms with Crippen LogP contribution in [0.4, 0.5) is 16.0 Å². The smallest absolute Gasteiger partial charge is 0.232 e. The van der Waals surface area contributed by atoms with Gasteiger partial charge in [-0.15, -0.1) is 10.2 Å². The average Bonchev–Trinajstić information content (AvgIpc) is 3.08. The molecule has 8 nitrogen and oxygen atoms in total. The molecular weight excluding hydrogens is 375 g/mol. The fourth-order valence-electron chi connectivity index (χ4n) is 3.89. The molecule has 0 aliphatic carbocycles. The number of aromatic nitrogens is 4. The highest BCUT2D eigenvalue weighted by atomic mass is 19.1. The number of hydrogen-bond acceptors (Lipinski definition) is 7. The van der Waals surface area contributed by atoms with Crippen molar-refractivity contribution >= 4 is 11.6 Å². The highest BCUT2D eigenvalue weighted by Crippen LogP contribution is 2.36. The lowest BCUT2D eigenvalue weighted by Gasteiger charge is -2.48. The molecule has 1 fully saturated rings. The van der Waals surface area contributed by atoms with Crippen LogP contribution in [0.3, 0.4) is 0 Å². The van der Waals surface area contributed by atoms with Gasteiger partial charge in [0, 0.05) is 25.2 Å². The molecule has 4 heterocycles. The molecule has 2 aromatic heterocycles. The summed E-state index contributed by atoms with van der Waals surface area (Å²) >= 11 is 0. The van der Waals surface area contributed by atoms with Crippen molar-refractivity contribution in [2.75, 3.05) is 43.2 Å². The Morgan fingerprint density at radius 1 is 1.17 bits per heavy atom. The first kappa shape index (κ1) is 17.7. The minimum atomic E-state index is -0.280. The highest BCUT2D eigenvalue weighted by molar-refractivity contribution is 5.62. The number of pyridine rings is 1. The third-order valence-electron chi connectivity index (χ3n) is 5.40. The van der Waals surface area contributed by atoms with E-state index in [1.807, 2.05) is 23.6 Å². The number of methoxy groups -OCH3 is 1. The number of fused-ring (bicyclic) bond motifs is 1. The minimum Gasteiger partial charge on any atom is -0.489 e. The van der Waals surface area contributed by atoms with Crippen LogP contribution in [-0.2, 0) is 0 Å². The van der Waals surface area contributed by atoms with Crippen LogP contribution in [0.15, 0.2) is 36.5 Å². The quantitative estimate of drug-likeness (QED) is 0.670. The largest absolute Gasteiger partial charge is 0.489 e. The number of ether oxygens (including phenoxy) is 2. The van der Waals surface area contributed by atoms with E-state index in [0.29, 0.717) is 24.3 Å². The molecule has 0 amide bonds. The Kier molecular flexibility index (Phi) is 4.22. The molecule has 2 aliphatic rings. The van der Waals surface area contributed by atoms with Gasteiger partial charge in [-0.25, -0.2) is 9.37 Å². The van der Waals surface area contributed by atoms with Gasteiger partial charge in [0.1, 0.15) is 24.0 Å². The second-order valence-electron chi connectivity index (χ2n) is 7.15. The molecule has 0 bridgehead atoms. The first-order valence-electron chi connectivity index (χ1n) is 9.50. The number of anilines is 2. The van der Waals surface area contributed by atoms with E-state index in [9.17, 15) is 4.39 Å². The number of benzene rings is 1. The molecule has 9 heteroatoms. The Bertz CT molecular complexity index is 1030.